The summed E-state index contributed by atoms with van der Waals surface area (Å²) in [6.07, 6.45) is 13.7. The molecule has 110 valence electrons. The Morgan fingerprint density at radius 3 is 2.65 bits per heavy atom. The van der Waals surface area contributed by atoms with Crippen molar-refractivity contribution >= 4 is 0 Å². The molecule has 3 nitrogen and oxygen atoms in total. The van der Waals surface area contributed by atoms with Crippen molar-refractivity contribution in [1.82, 2.24) is 9.78 Å². The number of hydrogen-bond acceptors (Lipinski definition) is 2. The number of aliphatic hydroxyl groups excluding tert-OH is 1. The summed E-state index contributed by atoms with van der Waals surface area (Å²) in [6, 6.07) is 2.82. The first-order chi connectivity index (χ1) is 9.78. The number of nitrogens with zero attached hydrogens (tertiary/aromatic N) is 2. The number of aromatic nitrogens is 2. The molecule has 1 aromatic heterocycles. The van der Waals surface area contributed by atoms with Crippen molar-refractivity contribution in [3.05, 3.63) is 18.0 Å². The fourth-order valence-corrected chi connectivity index (χ4v) is 4.74. The van der Waals surface area contributed by atoms with Gasteiger partial charge in [-0.2, -0.15) is 5.10 Å². The van der Waals surface area contributed by atoms with Gasteiger partial charge in [-0.3, -0.25) is 4.68 Å². The van der Waals surface area contributed by atoms with E-state index in [2.05, 4.69) is 16.9 Å². The minimum Gasteiger partial charge on any atom is -0.396 e. The Morgan fingerprint density at radius 1 is 1.20 bits per heavy atom. The lowest BCUT2D eigenvalue weighted by Gasteiger charge is -2.27. The molecule has 0 saturated heterocycles. The summed E-state index contributed by atoms with van der Waals surface area (Å²) in [5.74, 6) is 1.84. The average Bonchev–Trinajstić information content (AvgIpc) is 2.91. The Bertz CT molecular complexity index is 465. The molecule has 0 amide bonds. The van der Waals surface area contributed by atoms with Crippen molar-refractivity contribution in [3.8, 4) is 0 Å². The standard InChI is InChI=1S/C17H26N2O/c20-12-17(9-13-8-14(13)10-17)11-15-6-7-19(18-15)16-4-2-1-3-5-16/h6-7,13-14,16,20H,1-5,8-12H2. The minimum absolute atomic E-state index is 0.152. The molecule has 4 rings (SSSR count). The van der Waals surface area contributed by atoms with Gasteiger partial charge in [-0.15, -0.1) is 0 Å². The van der Waals surface area contributed by atoms with Gasteiger partial charge in [0, 0.05) is 12.8 Å². The smallest absolute Gasteiger partial charge is 0.0631 e. The van der Waals surface area contributed by atoms with E-state index in [1.165, 1.54) is 57.1 Å². The topological polar surface area (TPSA) is 38.0 Å². The van der Waals surface area contributed by atoms with Gasteiger partial charge in [0.05, 0.1) is 11.7 Å². The molecule has 3 aliphatic rings. The third kappa shape index (κ3) is 2.30. The highest BCUT2D eigenvalue weighted by atomic mass is 16.3. The van der Waals surface area contributed by atoms with Crippen molar-refractivity contribution in [2.24, 2.45) is 17.3 Å². The van der Waals surface area contributed by atoms with Crippen LogP contribution in [-0.4, -0.2) is 21.5 Å². The van der Waals surface area contributed by atoms with E-state index < -0.39 is 0 Å². The van der Waals surface area contributed by atoms with Crippen LogP contribution in [0.3, 0.4) is 0 Å². The van der Waals surface area contributed by atoms with E-state index in [4.69, 9.17) is 5.10 Å². The Morgan fingerprint density at radius 2 is 1.95 bits per heavy atom. The third-order valence-corrected chi connectivity index (χ3v) is 5.96. The van der Waals surface area contributed by atoms with Crippen LogP contribution >= 0.6 is 0 Å². The zero-order valence-electron chi connectivity index (χ0n) is 12.3. The van der Waals surface area contributed by atoms with Crippen LogP contribution in [0.1, 0.15) is 63.1 Å². The van der Waals surface area contributed by atoms with E-state index in [-0.39, 0.29) is 5.41 Å². The van der Waals surface area contributed by atoms with Crippen LogP contribution in [0.25, 0.3) is 0 Å². The molecule has 1 N–H and O–H groups in total. The third-order valence-electron chi connectivity index (χ3n) is 5.96. The lowest BCUT2D eigenvalue weighted by atomic mass is 9.79. The Kier molecular flexibility index (Phi) is 3.13. The van der Waals surface area contributed by atoms with Gasteiger partial charge in [0.15, 0.2) is 0 Å². The van der Waals surface area contributed by atoms with Gasteiger partial charge in [0.2, 0.25) is 0 Å². The highest BCUT2D eigenvalue weighted by Gasteiger charge is 2.53. The molecule has 3 saturated carbocycles. The van der Waals surface area contributed by atoms with E-state index in [1.807, 2.05) is 0 Å². The normalized spacial score (nSPS) is 37.0. The van der Waals surface area contributed by atoms with Crippen molar-refractivity contribution in [3.63, 3.8) is 0 Å². The molecule has 1 heterocycles. The van der Waals surface area contributed by atoms with Crippen LogP contribution in [0, 0.1) is 17.3 Å². The molecule has 2 atom stereocenters. The predicted molar refractivity (Wildman–Crippen MR) is 78.4 cm³/mol. The molecule has 3 fully saturated rings. The SMILES string of the molecule is OCC1(Cc2ccn(C3CCCCC3)n2)CC2CC2C1. The van der Waals surface area contributed by atoms with Crippen LogP contribution in [0.2, 0.25) is 0 Å². The lowest BCUT2D eigenvalue weighted by Crippen LogP contribution is -2.26. The monoisotopic (exact) mass is 274 g/mol. The highest BCUT2D eigenvalue weighted by molar-refractivity contribution is 5.10. The molecular formula is C17H26N2O. The first-order valence-corrected chi connectivity index (χ1v) is 8.43. The maximum absolute atomic E-state index is 9.84. The van der Waals surface area contributed by atoms with E-state index in [0.717, 1.165) is 18.3 Å². The van der Waals surface area contributed by atoms with Gasteiger partial charge >= 0.3 is 0 Å². The van der Waals surface area contributed by atoms with E-state index >= 15 is 0 Å². The van der Waals surface area contributed by atoms with Crippen molar-refractivity contribution in [2.45, 2.75) is 63.8 Å². The Hall–Kier alpha value is -0.830. The molecule has 0 bridgehead atoms. The molecule has 1 aromatic rings. The summed E-state index contributed by atoms with van der Waals surface area (Å²) < 4.78 is 2.20. The fraction of sp³-hybridized carbons (Fsp3) is 0.824. The van der Waals surface area contributed by atoms with Crippen molar-refractivity contribution in [2.75, 3.05) is 6.61 Å². The van der Waals surface area contributed by atoms with Gasteiger partial charge in [-0.1, -0.05) is 19.3 Å². The molecule has 0 aliphatic heterocycles. The van der Waals surface area contributed by atoms with Crippen LogP contribution < -0.4 is 0 Å². The minimum atomic E-state index is 0.152. The molecule has 20 heavy (non-hydrogen) atoms. The second-order valence-electron chi connectivity index (χ2n) is 7.58. The summed E-state index contributed by atoms with van der Waals surface area (Å²) in [7, 11) is 0. The molecule has 0 radical (unpaired) electrons. The molecule has 3 heteroatoms. The van der Waals surface area contributed by atoms with Crippen LogP contribution in [-0.2, 0) is 6.42 Å². The van der Waals surface area contributed by atoms with Crippen LogP contribution in [0.15, 0.2) is 12.3 Å². The molecular weight excluding hydrogens is 248 g/mol. The quantitative estimate of drug-likeness (QED) is 0.914. The van der Waals surface area contributed by atoms with E-state index in [1.54, 1.807) is 0 Å². The second-order valence-corrected chi connectivity index (χ2v) is 7.58. The first kappa shape index (κ1) is 12.9. The Labute approximate surface area is 121 Å². The fourth-order valence-electron chi connectivity index (χ4n) is 4.74. The number of aliphatic hydroxyl groups is 1. The summed E-state index contributed by atoms with van der Waals surface area (Å²) in [6.45, 7) is 0.344. The van der Waals surface area contributed by atoms with Crippen LogP contribution in [0.5, 0.6) is 0 Å². The Balaban J connectivity index is 1.45. The summed E-state index contributed by atoms with van der Waals surface area (Å²) >= 11 is 0. The lowest BCUT2D eigenvalue weighted by molar-refractivity contribution is 0.115. The largest absolute Gasteiger partial charge is 0.396 e. The van der Waals surface area contributed by atoms with E-state index in [9.17, 15) is 5.11 Å². The molecule has 0 spiro atoms. The number of rotatable bonds is 4. The summed E-state index contributed by atoms with van der Waals surface area (Å²) in [5, 5.41) is 14.7. The van der Waals surface area contributed by atoms with Gasteiger partial charge in [0.1, 0.15) is 0 Å². The van der Waals surface area contributed by atoms with Gasteiger partial charge in [-0.25, -0.2) is 0 Å². The van der Waals surface area contributed by atoms with Crippen molar-refractivity contribution in [1.29, 1.82) is 0 Å². The maximum Gasteiger partial charge on any atom is 0.0631 e. The maximum atomic E-state index is 9.84. The molecule has 3 aliphatic carbocycles. The predicted octanol–water partition coefficient (Wildman–Crippen LogP) is 3.34. The zero-order chi connectivity index (χ0) is 13.6. The molecule has 0 aromatic carbocycles. The number of fused-ring (bicyclic) bond motifs is 1. The summed E-state index contributed by atoms with van der Waals surface area (Å²) in [5.41, 5.74) is 1.35. The second kappa shape index (κ2) is 4.87. The van der Waals surface area contributed by atoms with E-state index in [0.29, 0.717) is 12.6 Å². The highest BCUT2D eigenvalue weighted by Crippen LogP contribution is 2.60. The zero-order valence-corrected chi connectivity index (χ0v) is 12.3. The van der Waals surface area contributed by atoms with Gasteiger partial charge in [-0.05, 0) is 61.8 Å². The first-order valence-electron chi connectivity index (χ1n) is 8.43. The molecule has 2 unspecified atom stereocenters. The van der Waals surface area contributed by atoms with Crippen molar-refractivity contribution < 1.29 is 5.11 Å². The number of hydrogen-bond donors (Lipinski definition) is 1. The summed E-state index contributed by atoms with van der Waals surface area (Å²) in [4.78, 5) is 0. The van der Waals surface area contributed by atoms with Gasteiger partial charge < -0.3 is 5.11 Å². The van der Waals surface area contributed by atoms with Gasteiger partial charge in [0.25, 0.3) is 0 Å². The average molecular weight is 274 g/mol. The van der Waals surface area contributed by atoms with Crippen LogP contribution in [0.4, 0.5) is 0 Å².